The van der Waals surface area contributed by atoms with E-state index in [9.17, 15) is 4.79 Å². The number of nitrogens with zero attached hydrogens (tertiary/aromatic N) is 1. The number of carbonyl (C=O) groups excluding carboxylic acids is 1. The summed E-state index contributed by atoms with van der Waals surface area (Å²) in [6.07, 6.45) is 0.338. The van der Waals surface area contributed by atoms with Crippen LogP contribution in [0.25, 0.3) is 0 Å². The van der Waals surface area contributed by atoms with E-state index in [2.05, 4.69) is 10.5 Å². The molecule has 0 bridgehead atoms. The maximum absolute atomic E-state index is 12.1. The number of ketones is 1. The molecule has 5 nitrogen and oxygen atoms in total. The molecule has 3 rings (SSSR count). The number of rotatable bonds is 4. The van der Waals surface area contributed by atoms with Crippen molar-refractivity contribution in [2.45, 2.75) is 25.9 Å². The fourth-order valence-electron chi connectivity index (χ4n) is 2.36. The molecule has 124 valence electrons. The SMILES string of the molecule is CC1(C)CC(=O)C(=NNc2cccc(Oc3ccccc3)c2)CO1. The van der Waals surface area contributed by atoms with Gasteiger partial charge in [-0.25, -0.2) is 0 Å². The number of hydrazone groups is 1. The molecule has 24 heavy (non-hydrogen) atoms. The summed E-state index contributed by atoms with van der Waals surface area (Å²) < 4.78 is 11.4. The smallest absolute Gasteiger partial charge is 0.184 e. The Bertz CT molecular complexity index is 754. The zero-order valence-electron chi connectivity index (χ0n) is 13.8. The molecule has 1 fully saturated rings. The van der Waals surface area contributed by atoms with Gasteiger partial charge in [0, 0.05) is 12.5 Å². The van der Waals surface area contributed by atoms with Crippen molar-refractivity contribution < 1.29 is 14.3 Å². The molecule has 5 heteroatoms. The summed E-state index contributed by atoms with van der Waals surface area (Å²) in [6.45, 7) is 4.03. The van der Waals surface area contributed by atoms with Gasteiger partial charge in [0.05, 0.1) is 17.9 Å². The van der Waals surface area contributed by atoms with Gasteiger partial charge in [-0.15, -0.1) is 0 Å². The first-order valence-electron chi connectivity index (χ1n) is 7.85. The van der Waals surface area contributed by atoms with Crippen molar-refractivity contribution in [1.29, 1.82) is 0 Å². The summed E-state index contributed by atoms with van der Waals surface area (Å²) >= 11 is 0. The average molecular weight is 324 g/mol. The van der Waals surface area contributed by atoms with Crippen LogP contribution in [0.3, 0.4) is 0 Å². The Morgan fingerprint density at radius 1 is 1.08 bits per heavy atom. The van der Waals surface area contributed by atoms with E-state index in [0.29, 0.717) is 17.9 Å². The van der Waals surface area contributed by atoms with Gasteiger partial charge >= 0.3 is 0 Å². The van der Waals surface area contributed by atoms with Crippen molar-refractivity contribution in [1.82, 2.24) is 0 Å². The molecule has 0 aromatic heterocycles. The highest BCUT2D eigenvalue weighted by atomic mass is 16.5. The van der Waals surface area contributed by atoms with Gasteiger partial charge in [0.25, 0.3) is 0 Å². The van der Waals surface area contributed by atoms with Crippen LogP contribution in [-0.2, 0) is 9.53 Å². The lowest BCUT2D eigenvalue weighted by molar-refractivity contribution is -0.122. The normalized spacial score (nSPS) is 18.4. The van der Waals surface area contributed by atoms with Crippen LogP contribution in [0.4, 0.5) is 5.69 Å². The molecule has 1 saturated heterocycles. The quantitative estimate of drug-likeness (QED) is 0.863. The van der Waals surface area contributed by atoms with Crippen molar-refractivity contribution in [2.75, 3.05) is 12.0 Å². The molecule has 2 aromatic rings. The molecule has 0 spiro atoms. The Hall–Kier alpha value is -2.66. The highest BCUT2D eigenvalue weighted by molar-refractivity contribution is 6.41. The van der Waals surface area contributed by atoms with Gasteiger partial charge in [0.1, 0.15) is 17.2 Å². The van der Waals surface area contributed by atoms with E-state index in [-0.39, 0.29) is 12.4 Å². The predicted octanol–water partition coefficient (Wildman–Crippen LogP) is 4.01. The number of ether oxygens (including phenoxy) is 2. The summed E-state index contributed by atoms with van der Waals surface area (Å²) in [6, 6.07) is 17.0. The Kier molecular flexibility index (Phi) is 4.62. The number of para-hydroxylation sites is 1. The van der Waals surface area contributed by atoms with E-state index >= 15 is 0 Å². The number of nitrogens with one attached hydrogen (secondary N) is 1. The number of hydrogen-bond donors (Lipinski definition) is 1. The minimum absolute atomic E-state index is 0.00967. The van der Waals surface area contributed by atoms with Gasteiger partial charge in [-0.3, -0.25) is 10.2 Å². The van der Waals surface area contributed by atoms with Crippen LogP contribution in [-0.4, -0.2) is 23.7 Å². The van der Waals surface area contributed by atoms with Crippen LogP contribution in [0.5, 0.6) is 11.5 Å². The first-order valence-corrected chi connectivity index (χ1v) is 7.85. The molecule has 0 atom stereocenters. The molecular weight excluding hydrogens is 304 g/mol. The Morgan fingerprint density at radius 3 is 2.58 bits per heavy atom. The van der Waals surface area contributed by atoms with E-state index in [0.717, 1.165) is 11.4 Å². The van der Waals surface area contributed by atoms with Crippen LogP contribution >= 0.6 is 0 Å². The van der Waals surface area contributed by atoms with E-state index in [4.69, 9.17) is 9.47 Å². The number of anilines is 1. The molecule has 0 saturated carbocycles. The monoisotopic (exact) mass is 324 g/mol. The second-order valence-corrected chi connectivity index (χ2v) is 6.26. The topological polar surface area (TPSA) is 59.9 Å². The number of hydrogen-bond acceptors (Lipinski definition) is 5. The molecule has 1 heterocycles. The minimum atomic E-state index is -0.417. The third kappa shape index (κ3) is 4.20. The number of benzene rings is 2. The summed E-state index contributed by atoms with van der Waals surface area (Å²) in [7, 11) is 0. The predicted molar refractivity (Wildman–Crippen MR) is 93.7 cm³/mol. The zero-order chi connectivity index (χ0) is 17.0. The summed E-state index contributed by atoms with van der Waals surface area (Å²) in [5.74, 6) is 1.47. The van der Waals surface area contributed by atoms with Gasteiger partial charge in [-0.1, -0.05) is 24.3 Å². The first-order chi connectivity index (χ1) is 11.5. The first kappa shape index (κ1) is 16.2. The van der Waals surface area contributed by atoms with E-state index in [1.54, 1.807) is 0 Å². The molecular formula is C19H20N2O3. The van der Waals surface area contributed by atoms with E-state index < -0.39 is 5.60 Å². The number of carbonyl (C=O) groups is 1. The van der Waals surface area contributed by atoms with Crippen LogP contribution in [0.1, 0.15) is 20.3 Å². The van der Waals surface area contributed by atoms with Crippen molar-refractivity contribution in [3.05, 3.63) is 54.6 Å². The fraction of sp³-hybridized carbons (Fsp3) is 0.263. The highest BCUT2D eigenvalue weighted by Gasteiger charge is 2.31. The van der Waals surface area contributed by atoms with Crippen LogP contribution < -0.4 is 10.2 Å². The second-order valence-electron chi connectivity index (χ2n) is 6.26. The van der Waals surface area contributed by atoms with Crippen LogP contribution in [0, 0.1) is 0 Å². The zero-order valence-corrected chi connectivity index (χ0v) is 13.8. The second kappa shape index (κ2) is 6.84. The minimum Gasteiger partial charge on any atom is -0.457 e. The van der Waals surface area contributed by atoms with E-state index in [1.165, 1.54) is 0 Å². The Labute approximate surface area is 141 Å². The van der Waals surface area contributed by atoms with Crippen LogP contribution in [0.2, 0.25) is 0 Å². The van der Waals surface area contributed by atoms with Gasteiger partial charge < -0.3 is 9.47 Å². The molecule has 1 aliphatic rings. The fourth-order valence-corrected chi connectivity index (χ4v) is 2.36. The highest BCUT2D eigenvalue weighted by Crippen LogP contribution is 2.24. The average Bonchev–Trinajstić information content (AvgIpc) is 2.55. The largest absolute Gasteiger partial charge is 0.457 e. The standard InChI is InChI=1S/C19H20N2O3/c1-19(2)12-18(22)17(13-23-19)21-20-14-7-6-10-16(11-14)24-15-8-4-3-5-9-15/h3-11,20H,12-13H2,1-2H3. The molecule has 0 aliphatic carbocycles. The van der Waals surface area contributed by atoms with Crippen molar-refractivity contribution in [3.8, 4) is 11.5 Å². The van der Waals surface area contributed by atoms with Gasteiger partial charge in [-0.05, 0) is 38.1 Å². The Morgan fingerprint density at radius 2 is 1.83 bits per heavy atom. The molecule has 2 aromatic carbocycles. The Balaban J connectivity index is 1.67. The van der Waals surface area contributed by atoms with Crippen LogP contribution in [0.15, 0.2) is 59.7 Å². The third-order valence-corrected chi connectivity index (χ3v) is 3.64. The summed E-state index contributed by atoms with van der Waals surface area (Å²) in [5.41, 5.74) is 3.64. The van der Waals surface area contributed by atoms with Gasteiger partial charge in [0.2, 0.25) is 0 Å². The molecule has 0 unspecified atom stereocenters. The third-order valence-electron chi connectivity index (χ3n) is 3.64. The maximum Gasteiger partial charge on any atom is 0.184 e. The lowest BCUT2D eigenvalue weighted by Gasteiger charge is -2.29. The van der Waals surface area contributed by atoms with Crippen molar-refractivity contribution in [3.63, 3.8) is 0 Å². The molecule has 0 amide bonds. The molecule has 1 aliphatic heterocycles. The van der Waals surface area contributed by atoms with Crippen molar-refractivity contribution in [2.24, 2.45) is 5.10 Å². The maximum atomic E-state index is 12.1. The van der Waals surface area contributed by atoms with Crippen molar-refractivity contribution >= 4 is 17.2 Å². The summed E-state index contributed by atoms with van der Waals surface area (Å²) in [4.78, 5) is 12.1. The lowest BCUT2D eigenvalue weighted by Crippen LogP contribution is -2.40. The number of Topliss-reactive ketones (excluding diaryl/α,β-unsaturated/α-hetero) is 1. The lowest BCUT2D eigenvalue weighted by atomic mass is 9.96. The van der Waals surface area contributed by atoms with Gasteiger partial charge in [0.15, 0.2) is 5.78 Å². The molecule has 0 radical (unpaired) electrons. The van der Waals surface area contributed by atoms with Gasteiger partial charge in [-0.2, -0.15) is 5.10 Å². The molecule has 1 N–H and O–H groups in total. The summed E-state index contributed by atoms with van der Waals surface area (Å²) in [5, 5.41) is 4.18. The van der Waals surface area contributed by atoms with E-state index in [1.807, 2.05) is 68.4 Å².